The van der Waals surface area contributed by atoms with Crippen molar-refractivity contribution in [1.82, 2.24) is 4.90 Å². The molecule has 3 heterocycles. The van der Waals surface area contributed by atoms with Crippen molar-refractivity contribution in [2.45, 2.75) is 173 Å². The molecule has 0 aromatic carbocycles. The van der Waals surface area contributed by atoms with Gasteiger partial charge in [0.2, 0.25) is 5.79 Å². The van der Waals surface area contributed by atoms with E-state index in [1.165, 1.54) is 12.0 Å². The van der Waals surface area contributed by atoms with Gasteiger partial charge in [0.25, 0.3) is 11.7 Å². The van der Waals surface area contributed by atoms with Crippen molar-refractivity contribution in [2.75, 3.05) is 20.8 Å². The standard InChI is InChI=1S/C51H77NO12/c1-10-37-17-13-11-12-16-31(2)19-22-39-23-20-36(7)51(60,64-39)48(57)49(58)52-25-15-14-18-40(52)50(59)63-43(33(4)27-38-21-24-41(53)44(29-38)61-8)30-42(54)32(3)26-34(5)45(55)47(62-9)46(56)35(6)28-37/h10-13,16-17,26,32-33,35-41,43-45,47,53,55,60H,1,14-15,18-25,27-30H2,2-9H3/b12-11+,17-13+,31-16+,34-26+/t32-,33-,35-,36-,37-,38+,39-,40+,41-,43+,44-,45-,47-,51-/m1/s1. The maximum absolute atomic E-state index is 14.3. The summed E-state index contributed by atoms with van der Waals surface area (Å²) in [7, 11) is 2.94. The zero-order valence-electron chi connectivity index (χ0n) is 39.6. The lowest BCUT2D eigenvalue weighted by Crippen LogP contribution is -2.60. The number of amides is 1. The van der Waals surface area contributed by atoms with E-state index in [1.807, 2.05) is 44.2 Å². The first-order valence-corrected chi connectivity index (χ1v) is 23.6. The van der Waals surface area contributed by atoms with E-state index < -0.39 is 77.8 Å². The second-order valence-electron chi connectivity index (χ2n) is 19.2. The van der Waals surface area contributed by atoms with Crippen LogP contribution in [-0.2, 0) is 42.9 Å². The van der Waals surface area contributed by atoms with Crippen LogP contribution in [-0.4, -0.2) is 119 Å². The summed E-state index contributed by atoms with van der Waals surface area (Å²) in [5.74, 6) is -8.01. The van der Waals surface area contributed by atoms with Crippen LogP contribution in [0.4, 0.5) is 0 Å². The number of esters is 1. The number of methoxy groups -OCH3 is 2. The van der Waals surface area contributed by atoms with Crippen molar-refractivity contribution in [3.63, 3.8) is 0 Å². The smallest absolute Gasteiger partial charge is 0.329 e. The predicted octanol–water partition coefficient (Wildman–Crippen LogP) is 6.72. The number of ketones is 3. The van der Waals surface area contributed by atoms with Crippen molar-refractivity contribution >= 4 is 29.2 Å². The number of nitrogens with zero attached hydrogens (tertiary/aromatic N) is 1. The quantitative estimate of drug-likeness (QED) is 0.145. The summed E-state index contributed by atoms with van der Waals surface area (Å²) in [4.78, 5) is 71.6. The molecule has 64 heavy (non-hydrogen) atoms. The number of hydrogen-bond acceptors (Lipinski definition) is 12. The average Bonchev–Trinajstić information content (AvgIpc) is 3.28. The Hall–Kier alpha value is -3.59. The first-order valence-electron chi connectivity index (χ1n) is 23.6. The van der Waals surface area contributed by atoms with Gasteiger partial charge in [-0.1, -0.05) is 75.8 Å². The average molecular weight is 896 g/mol. The Morgan fingerprint density at radius 2 is 1.67 bits per heavy atom. The van der Waals surface area contributed by atoms with Crippen molar-refractivity contribution < 1.29 is 58.2 Å². The van der Waals surface area contributed by atoms with Gasteiger partial charge in [-0.15, -0.1) is 6.58 Å². The highest BCUT2D eigenvalue weighted by Gasteiger charge is 2.53. The van der Waals surface area contributed by atoms with Crippen LogP contribution in [0.1, 0.15) is 125 Å². The molecule has 4 rings (SSSR count). The molecule has 3 N–H and O–H groups in total. The van der Waals surface area contributed by atoms with Gasteiger partial charge < -0.3 is 39.2 Å². The summed E-state index contributed by atoms with van der Waals surface area (Å²) < 4.78 is 23.5. The lowest BCUT2D eigenvalue weighted by molar-refractivity contribution is -0.263. The molecule has 358 valence electrons. The van der Waals surface area contributed by atoms with Crippen LogP contribution in [0.3, 0.4) is 0 Å². The molecule has 1 amide bonds. The Labute approximate surface area is 381 Å². The van der Waals surface area contributed by atoms with Gasteiger partial charge in [-0.3, -0.25) is 19.2 Å². The number of carbonyl (C=O) groups is 5. The number of aliphatic hydroxyl groups excluding tert-OH is 2. The van der Waals surface area contributed by atoms with E-state index in [0.717, 1.165) is 12.0 Å². The molecule has 1 saturated carbocycles. The van der Waals surface area contributed by atoms with Gasteiger partial charge in [0, 0.05) is 44.9 Å². The van der Waals surface area contributed by atoms with Crippen molar-refractivity contribution in [2.24, 2.45) is 35.5 Å². The van der Waals surface area contributed by atoms with E-state index in [-0.39, 0.29) is 54.8 Å². The molecule has 0 unspecified atom stereocenters. The second kappa shape index (κ2) is 24.8. The lowest BCUT2D eigenvalue weighted by Gasteiger charge is -2.42. The number of hydrogen-bond donors (Lipinski definition) is 3. The lowest BCUT2D eigenvalue weighted by atomic mass is 9.78. The maximum atomic E-state index is 14.3. The Kier molecular flexibility index (Phi) is 20.5. The van der Waals surface area contributed by atoms with E-state index in [4.69, 9.17) is 18.9 Å². The summed E-state index contributed by atoms with van der Waals surface area (Å²) in [6.07, 6.45) is 14.4. The van der Waals surface area contributed by atoms with Crippen LogP contribution < -0.4 is 0 Å². The van der Waals surface area contributed by atoms with Crippen LogP contribution in [0.5, 0.6) is 0 Å². The van der Waals surface area contributed by atoms with Gasteiger partial charge >= 0.3 is 5.97 Å². The first kappa shape index (κ1) is 53.0. The van der Waals surface area contributed by atoms with Gasteiger partial charge in [0.1, 0.15) is 30.1 Å². The molecular weight excluding hydrogens is 819 g/mol. The molecule has 3 fully saturated rings. The molecule has 2 saturated heterocycles. The molecule has 3 aliphatic heterocycles. The van der Waals surface area contributed by atoms with Crippen LogP contribution in [0, 0.1) is 35.5 Å². The predicted molar refractivity (Wildman–Crippen MR) is 243 cm³/mol. The number of rotatable bonds is 6. The van der Waals surface area contributed by atoms with Crippen LogP contribution >= 0.6 is 0 Å². The molecule has 0 aromatic rings. The second-order valence-corrected chi connectivity index (χ2v) is 19.2. The number of fused-ring (bicyclic) bond motifs is 3. The highest BCUT2D eigenvalue weighted by atomic mass is 16.6. The minimum Gasteiger partial charge on any atom is -0.460 e. The third-order valence-electron chi connectivity index (χ3n) is 14.2. The van der Waals surface area contributed by atoms with E-state index in [1.54, 1.807) is 47.0 Å². The Balaban J connectivity index is 1.68. The van der Waals surface area contributed by atoms with E-state index in [0.29, 0.717) is 69.8 Å². The third kappa shape index (κ3) is 14.0. The van der Waals surface area contributed by atoms with E-state index in [2.05, 4.69) is 6.58 Å². The zero-order chi connectivity index (χ0) is 47.3. The van der Waals surface area contributed by atoms with Crippen molar-refractivity contribution in [3.05, 3.63) is 60.3 Å². The highest BCUT2D eigenvalue weighted by Crippen LogP contribution is 2.37. The minimum atomic E-state index is -2.37. The largest absolute Gasteiger partial charge is 0.460 e. The third-order valence-corrected chi connectivity index (χ3v) is 14.2. The van der Waals surface area contributed by atoms with Crippen LogP contribution in [0.25, 0.3) is 0 Å². The Morgan fingerprint density at radius 3 is 2.36 bits per heavy atom. The molecule has 1 aliphatic carbocycles. The normalized spacial score (nSPS) is 39.6. The summed E-state index contributed by atoms with van der Waals surface area (Å²) >= 11 is 0. The minimum absolute atomic E-state index is 0.105. The van der Waals surface area contributed by atoms with E-state index in [9.17, 15) is 39.3 Å². The molecule has 0 radical (unpaired) electrons. The molecule has 4 aliphatic rings. The fraction of sp³-hybridized carbons (Fsp3) is 0.706. The molecule has 14 atom stereocenters. The van der Waals surface area contributed by atoms with Crippen molar-refractivity contribution in [1.29, 1.82) is 0 Å². The summed E-state index contributed by atoms with van der Waals surface area (Å²) in [6.45, 7) is 14.8. The van der Waals surface area contributed by atoms with Gasteiger partial charge in [-0.25, -0.2) is 4.79 Å². The van der Waals surface area contributed by atoms with Gasteiger partial charge in [0.15, 0.2) is 5.78 Å². The number of piperidine rings is 1. The molecule has 2 bridgehead atoms. The molecule has 13 heteroatoms. The maximum Gasteiger partial charge on any atom is 0.329 e. The number of aliphatic hydroxyl groups is 3. The van der Waals surface area contributed by atoms with E-state index >= 15 is 0 Å². The number of allylic oxidation sites excluding steroid dienone is 8. The summed E-state index contributed by atoms with van der Waals surface area (Å²) in [5, 5.41) is 33.7. The number of ether oxygens (including phenoxy) is 4. The number of carbonyl (C=O) groups excluding carboxylic acids is 5. The summed E-state index contributed by atoms with van der Waals surface area (Å²) in [6, 6.07) is -1.12. The summed E-state index contributed by atoms with van der Waals surface area (Å²) in [5.41, 5.74) is 1.42. The fourth-order valence-corrected chi connectivity index (χ4v) is 9.80. The zero-order valence-corrected chi connectivity index (χ0v) is 39.6. The highest BCUT2D eigenvalue weighted by molar-refractivity contribution is 6.39. The van der Waals surface area contributed by atoms with Crippen molar-refractivity contribution in [3.8, 4) is 0 Å². The number of Topliss-reactive ketones (excluding diaryl/α,β-unsaturated/α-hetero) is 3. The molecule has 0 aromatic heterocycles. The number of cyclic esters (lactones) is 1. The van der Waals surface area contributed by atoms with Crippen LogP contribution in [0.2, 0.25) is 0 Å². The van der Waals surface area contributed by atoms with Crippen LogP contribution in [0.15, 0.2) is 60.3 Å². The molecule has 13 nitrogen and oxygen atoms in total. The first-order chi connectivity index (χ1) is 30.3. The van der Waals surface area contributed by atoms with Gasteiger partial charge in [-0.05, 0) is 114 Å². The fourth-order valence-electron chi connectivity index (χ4n) is 9.80. The topological polar surface area (TPSA) is 186 Å². The molecular formula is C51H77NO12. The van der Waals surface area contributed by atoms with Gasteiger partial charge in [-0.2, -0.15) is 0 Å². The molecule has 0 spiro atoms. The SMILES string of the molecule is C=C[C@@H]1/C=C/C=C/C=C(\C)CC[C@@H]2CC[C@@H](C)[C@@](O)(O2)C(=O)C(=O)N2CCCC[C@H]2C(=O)O[C@H]([C@H](C)C[C@@H]2CC[C@@H](O)[C@H](OC)C2)CC(=O)[C@H](C)/C=C(\C)[C@@H](O)[C@@H](OC)C(=O)[C@H](C)C1. The Bertz CT molecular complexity index is 1750. The van der Waals surface area contributed by atoms with Gasteiger partial charge in [0.05, 0.1) is 18.3 Å². The Morgan fingerprint density at radius 1 is 0.938 bits per heavy atom. The monoisotopic (exact) mass is 896 g/mol.